The Labute approximate surface area is 161 Å². The minimum atomic E-state index is -0.907. The van der Waals surface area contributed by atoms with E-state index in [1.165, 1.54) is 0 Å². The van der Waals surface area contributed by atoms with Gasteiger partial charge in [0.1, 0.15) is 5.03 Å². The lowest BCUT2D eigenvalue weighted by molar-refractivity contribution is -0.132. The van der Waals surface area contributed by atoms with Gasteiger partial charge in [0, 0.05) is 16.7 Å². The second-order valence-electron chi connectivity index (χ2n) is 6.24. The second-order valence-corrected chi connectivity index (χ2v) is 7.27. The van der Waals surface area contributed by atoms with Crippen molar-refractivity contribution >= 4 is 45.4 Å². The van der Waals surface area contributed by atoms with Crippen LogP contribution in [-0.2, 0) is 4.79 Å². The Bertz CT molecular complexity index is 1130. The predicted octanol–water partition coefficient (Wildman–Crippen LogP) is 6.03. The van der Waals surface area contributed by atoms with Crippen LogP contribution in [0.5, 0.6) is 0 Å². The standard InChI is InChI=1S/C23H17NO2S/c1-15(23(25)26)14-20-16-8-2-4-10-18(16)22(19-11-5-3-9-17(19)20)27-21-12-6-7-13-24-21/h2-14H,1H3,(H,25,26)/b15-14+. The highest BCUT2D eigenvalue weighted by Crippen LogP contribution is 2.41. The molecule has 0 fully saturated rings. The first-order valence-electron chi connectivity index (χ1n) is 8.59. The number of hydrogen-bond acceptors (Lipinski definition) is 3. The van der Waals surface area contributed by atoms with E-state index in [0.717, 1.165) is 37.0 Å². The smallest absolute Gasteiger partial charge is 0.331 e. The van der Waals surface area contributed by atoms with Crippen molar-refractivity contribution < 1.29 is 9.90 Å². The van der Waals surface area contributed by atoms with Crippen LogP contribution in [0.4, 0.5) is 0 Å². The zero-order valence-corrected chi connectivity index (χ0v) is 15.5. The van der Waals surface area contributed by atoms with E-state index in [0.29, 0.717) is 5.57 Å². The lowest BCUT2D eigenvalue weighted by Crippen LogP contribution is -1.96. The third-order valence-electron chi connectivity index (χ3n) is 4.47. The Balaban J connectivity index is 2.07. The molecule has 0 saturated heterocycles. The molecule has 0 bridgehead atoms. The van der Waals surface area contributed by atoms with E-state index in [1.807, 2.05) is 54.6 Å². The van der Waals surface area contributed by atoms with Crippen molar-refractivity contribution in [1.29, 1.82) is 0 Å². The summed E-state index contributed by atoms with van der Waals surface area (Å²) in [5.74, 6) is -0.907. The third-order valence-corrected chi connectivity index (χ3v) is 5.56. The van der Waals surface area contributed by atoms with E-state index in [-0.39, 0.29) is 0 Å². The van der Waals surface area contributed by atoms with E-state index in [4.69, 9.17) is 0 Å². The molecule has 1 N–H and O–H groups in total. The van der Waals surface area contributed by atoms with Gasteiger partial charge < -0.3 is 5.11 Å². The van der Waals surface area contributed by atoms with Crippen LogP contribution < -0.4 is 0 Å². The highest BCUT2D eigenvalue weighted by Gasteiger charge is 2.14. The zero-order chi connectivity index (χ0) is 18.8. The van der Waals surface area contributed by atoms with E-state index in [1.54, 1.807) is 31.0 Å². The number of rotatable bonds is 4. The maximum Gasteiger partial charge on any atom is 0.331 e. The fourth-order valence-electron chi connectivity index (χ4n) is 3.18. The molecule has 0 atom stereocenters. The van der Waals surface area contributed by atoms with Gasteiger partial charge in [0.2, 0.25) is 0 Å². The molecule has 1 heterocycles. The lowest BCUT2D eigenvalue weighted by atomic mass is 9.95. The zero-order valence-electron chi connectivity index (χ0n) is 14.7. The lowest BCUT2D eigenvalue weighted by Gasteiger charge is -2.15. The number of carbonyl (C=O) groups is 1. The molecule has 0 aliphatic rings. The molecule has 3 aromatic carbocycles. The Morgan fingerprint density at radius 3 is 1.96 bits per heavy atom. The number of carboxylic acids is 1. The minimum absolute atomic E-state index is 0.315. The molecule has 27 heavy (non-hydrogen) atoms. The van der Waals surface area contributed by atoms with Crippen LogP contribution in [0.2, 0.25) is 0 Å². The summed E-state index contributed by atoms with van der Waals surface area (Å²) in [6.07, 6.45) is 3.56. The largest absolute Gasteiger partial charge is 0.478 e. The van der Waals surface area contributed by atoms with Gasteiger partial charge >= 0.3 is 5.97 Å². The van der Waals surface area contributed by atoms with E-state index < -0.39 is 5.97 Å². The van der Waals surface area contributed by atoms with Crippen LogP contribution in [0.25, 0.3) is 27.6 Å². The van der Waals surface area contributed by atoms with E-state index in [9.17, 15) is 9.90 Å². The summed E-state index contributed by atoms with van der Waals surface area (Å²) >= 11 is 1.63. The molecule has 0 aliphatic carbocycles. The average molecular weight is 371 g/mol. The Kier molecular flexibility index (Phi) is 4.65. The van der Waals surface area contributed by atoms with Crippen LogP contribution in [0.1, 0.15) is 12.5 Å². The van der Waals surface area contributed by atoms with Crippen LogP contribution in [0.3, 0.4) is 0 Å². The van der Waals surface area contributed by atoms with Gasteiger partial charge in [0.05, 0.1) is 0 Å². The molecule has 4 heteroatoms. The van der Waals surface area contributed by atoms with Crippen molar-refractivity contribution in [2.24, 2.45) is 0 Å². The van der Waals surface area contributed by atoms with Crippen molar-refractivity contribution in [2.75, 3.05) is 0 Å². The second kappa shape index (κ2) is 7.25. The summed E-state index contributed by atoms with van der Waals surface area (Å²) in [7, 11) is 0. The first kappa shape index (κ1) is 17.3. The van der Waals surface area contributed by atoms with Gasteiger partial charge in [-0.15, -0.1) is 0 Å². The predicted molar refractivity (Wildman–Crippen MR) is 111 cm³/mol. The molecule has 0 spiro atoms. The minimum Gasteiger partial charge on any atom is -0.478 e. The van der Waals surface area contributed by atoms with Gasteiger partial charge in [-0.1, -0.05) is 66.4 Å². The summed E-state index contributed by atoms with van der Waals surface area (Å²) in [4.78, 5) is 17.0. The molecule has 0 unspecified atom stereocenters. The maximum atomic E-state index is 11.4. The number of carboxylic acid groups (broad SMARTS) is 1. The molecular formula is C23H17NO2S. The van der Waals surface area contributed by atoms with Crippen molar-refractivity contribution in [3.63, 3.8) is 0 Å². The monoisotopic (exact) mass is 371 g/mol. The fraction of sp³-hybridized carbons (Fsp3) is 0.0435. The third kappa shape index (κ3) is 3.32. The Morgan fingerprint density at radius 1 is 0.889 bits per heavy atom. The molecule has 4 rings (SSSR count). The van der Waals surface area contributed by atoms with Gasteiger partial charge in [-0.25, -0.2) is 9.78 Å². The van der Waals surface area contributed by atoms with E-state index >= 15 is 0 Å². The summed E-state index contributed by atoms with van der Waals surface area (Å²) < 4.78 is 0. The van der Waals surface area contributed by atoms with Crippen LogP contribution in [0.15, 0.2) is 88.4 Å². The van der Waals surface area contributed by atoms with Gasteiger partial charge in [0.15, 0.2) is 0 Å². The molecule has 3 nitrogen and oxygen atoms in total. The number of fused-ring (bicyclic) bond motifs is 2. The topological polar surface area (TPSA) is 50.2 Å². The fourth-order valence-corrected chi connectivity index (χ4v) is 4.22. The Hall–Kier alpha value is -3.11. The molecule has 1 aromatic heterocycles. The van der Waals surface area contributed by atoms with Crippen LogP contribution >= 0.6 is 11.8 Å². The molecule has 0 saturated carbocycles. The number of aliphatic carboxylic acids is 1. The normalized spacial score (nSPS) is 11.8. The quantitative estimate of drug-likeness (QED) is 0.352. The summed E-state index contributed by atoms with van der Waals surface area (Å²) in [6.45, 7) is 1.63. The molecular weight excluding hydrogens is 354 g/mol. The van der Waals surface area contributed by atoms with Crippen LogP contribution in [-0.4, -0.2) is 16.1 Å². The SMILES string of the molecule is C/C(=C\c1c2ccccc2c(Sc2ccccn2)c2ccccc12)C(=O)O. The van der Waals surface area contributed by atoms with Crippen molar-refractivity contribution in [2.45, 2.75) is 16.8 Å². The summed E-state index contributed by atoms with van der Waals surface area (Å²) in [6, 6.07) is 22.1. The van der Waals surface area contributed by atoms with Crippen LogP contribution in [0, 0.1) is 0 Å². The van der Waals surface area contributed by atoms with E-state index in [2.05, 4.69) is 17.1 Å². The average Bonchev–Trinajstić information content (AvgIpc) is 2.71. The first-order chi connectivity index (χ1) is 13.1. The summed E-state index contributed by atoms with van der Waals surface area (Å²) in [5.41, 5.74) is 1.25. The van der Waals surface area contributed by atoms with Gasteiger partial charge in [0.25, 0.3) is 0 Å². The molecule has 0 aliphatic heterocycles. The molecule has 0 amide bonds. The van der Waals surface area contributed by atoms with Crippen molar-refractivity contribution in [1.82, 2.24) is 4.98 Å². The molecule has 0 radical (unpaired) electrons. The van der Waals surface area contributed by atoms with Gasteiger partial charge in [-0.3, -0.25) is 0 Å². The summed E-state index contributed by atoms with van der Waals surface area (Å²) in [5, 5.41) is 14.5. The van der Waals surface area contributed by atoms with Gasteiger partial charge in [-0.05, 0) is 52.2 Å². The van der Waals surface area contributed by atoms with Gasteiger partial charge in [-0.2, -0.15) is 0 Å². The number of nitrogens with zero attached hydrogens (tertiary/aromatic N) is 1. The molecule has 4 aromatic rings. The number of aromatic nitrogens is 1. The number of benzene rings is 3. The maximum absolute atomic E-state index is 11.4. The van der Waals surface area contributed by atoms with Crippen molar-refractivity contribution in [3.05, 3.63) is 84.1 Å². The highest BCUT2D eigenvalue weighted by atomic mass is 32.2. The number of hydrogen-bond donors (Lipinski definition) is 1. The molecule has 132 valence electrons. The first-order valence-corrected chi connectivity index (χ1v) is 9.41. The Morgan fingerprint density at radius 2 is 1.44 bits per heavy atom. The highest BCUT2D eigenvalue weighted by molar-refractivity contribution is 7.99. The number of pyridine rings is 1. The van der Waals surface area contributed by atoms with Crippen molar-refractivity contribution in [3.8, 4) is 0 Å².